The predicted molar refractivity (Wildman–Crippen MR) is 76.0 cm³/mol. The second-order valence-corrected chi connectivity index (χ2v) is 4.94. The van der Waals surface area contributed by atoms with Crippen LogP contribution in [0, 0.1) is 5.92 Å². The summed E-state index contributed by atoms with van der Waals surface area (Å²) in [5.41, 5.74) is 2.18. The third kappa shape index (κ3) is 2.96. The molecule has 0 spiro atoms. The zero-order chi connectivity index (χ0) is 13.8. The highest BCUT2D eigenvalue weighted by Crippen LogP contribution is 2.18. The Hall–Kier alpha value is -1.81. The van der Waals surface area contributed by atoms with E-state index in [0.29, 0.717) is 6.54 Å². The Labute approximate surface area is 112 Å². The fourth-order valence-electron chi connectivity index (χ4n) is 2.27. The van der Waals surface area contributed by atoms with Gasteiger partial charge in [0.25, 0.3) is 0 Å². The van der Waals surface area contributed by atoms with Gasteiger partial charge in [0.2, 0.25) is 0 Å². The Kier molecular flexibility index (Phi) is 4.22. The van der Waals surface area contributed by atoms with Crippen LogP contribution in [0.5, 0.6) is 0 Å². The Morgan fingerprint density at radius 3 is 2.84 bits per heavy atom. The van der Waals surface area contributed by atoms with Crippen LogP contribution in [0.15, 0.2) is 30.5 Å². The first-order valence-corrected chi connectivity index (χ1v) is 6.64. The number of aromatic amines is 1. The summed E-state index contributed by atoms with van der Waals surface area (Å²) in [6, 6.07) is 7.53. The van der Waals surface area contributed by atoms with Crippen LogP contribution in [-0.2, 0) is 11.3 Å². The predicted octanol–water partition coefficient (Wildman–Crippen LogP) is 2.76. The van der Waals surface area contributed by atoms with E-state index in [1.807, 2.05) is 44.3 Å². The van der Waals surface area contributed by atoms with Gasteiger partial charge in [-0.15, -0.1) is 0 Å². The molecule has 0 bridgehead atoms. The molecule has 2 aromatic rings. The molecular weight excluding hydrogens is 240 g/mol. The standard InChI is InChI=1S/C15H20N2O2/c1-3-10(2)14(15(18)19)17-9-11-8-16-13-7-5-4-6-12(11)13/h4-8,10,14,16-17H,3,9H2,1-2H3,(H,18,19)/t10-,14-/m0/s1. The molecule has 0 unspecified atom stereocenters. The molecule has 0 fully saturated rings. The van der Waals surface area contributed by atoms with E-state index in [2.05, 4.69) is 10.3 Å². The van der Waals surface area contributed by atoms with Crippen LogP contribution < -0.4 is 5.32 Å². The fraction of sp³-hybridized carbons (Fsp3) is 0.400. The van der Waals surface area contributed by atoms with Crippen LogP contribution in [0.2, 0.25) is 0 Å². The molecule has 0 aliphatic heterocycles. The third-order valence-corrected chi connectivity index (χ3v) is 3.67. The number of nitrogens with one attached hydrogen (secondary N) is 2. The smallest absolute Gasteiger partial charge is 0.320 e. The highest BCUT2D eigenvalue weighted by molar-refractivity contribution is 5.83. The number of fused-ring (bicyclic) bond motifs is 1. The van der Waals surface area contributed by atoms with E-state index in [1.165, 1.54) is 0 Å². The number of carbonyl (C=O) groups is 1. The highest BCUT2D eigenvalue weighted by atomic mass is 16.4. The minimum atomic E-state index is -0.783. The Balaban J connectivity index is 2.11. The first-order valence-electron chi connectivity index (χ1n) is 6.64. The summed E-state index contributed by atoms with van der Waals surface area (Å²) in [4.78, 5) is 14.4. The zero-order valence-corrected chi connectivity index (χ0v) is 11.3. The summed E-state index contributed by atoms with van der Waals surface area (Å²) in [7, 11) is 0. The lowest BCUT2D eigenvalue weighted by atomic mass is 9.99. The molecule has 1 heterocycles. The number of rotatable bonds is 6. The van der Waals surface area contributed by atoms with E-state index in [1.54, 1.807) is 0 Å². The van der Waals surface area contributed by atoms with Crippen molar-refractivity contribution in [2.75, 3.05) is 0 Å². The van der Waals surface area contributed by atoms with Gasteiger partial charge in [0.1, 0.15) is 6.04 Å². The summed E-state index contributed by atoms with van der Waals surface area (Å²) in [5.74, 6) is -0.670. The van der Waals surface area contributed by atoms with Crippen molar-refractivity contribution in [3.8, 4) is 0 Å². The molecular formula is C15H20N2O2. The van der Waals surface area contributed by atoms with Gasteiger partial charge in [0.05, 0.1) is 0 Å². The SMILES string of the molecule is CC[C@H](C)[C@H](NCc1c[nH]c2ccccc12)C(=O)O. The summed E-state index contributed by atoms with van der Waals surface area (Å²) in [5, 5.41) is 13.5. The summed E-state index contributed by atoms with van der Waals surface area (Å²) in [6.45, 7) is 4.53. The molecule has 4 heteroatoms. The number of carboxylic acids is 1. The van der Waals surface area contributed by atoms with E-state index in [4.69, 9.17) is 0 Å². The first-order chi connectivity index (χ1) is 9.13. The molecule has 0 aliphatic rings. The molecule has 4 nitrogen and oxygen atoms in total. The lowest BCUT2D eigenvalue weighted by Gasteiger charge is -2.19. The van der Waals surface area contributed by atoms with Gasteiger partial charge in [-0.05, 0) is 17.5 Å². The summed E-state index contributed by atoms with van der Waals surface area (Å²) in [6.07, 6.45) is 2.78. The Morgan fingerprint density at radius 1 is 1.42 bits per heavy atom. The van der Waals surface area contributed by atoms with Gasteiger partial charge in [0.15, 0.2) is 0 Å². The lowest BCUT2D eigenvalue weighted by molar-refractivity contribution is -0.140. The molecule has 2 rings (SSSR count). The molecule has 0 radical (unpaired) electrons. The Morgan fingerprint density at radius 2 is 2.16 bits per heavy atom. The molecule has 0 saturated carbocycles. The molecule has 0 amide bonds. The number of aliphatic carboxylic acids is 1. The molecule has 19 heavy (non-hydrogen) atoms. The number of hydrogen-bond donors (Lipinski definition) is 3. The number of para-hydroxylation sites is 1. The third-order valence-electron chi connectivity index (χ3n) is 3.67. The second kappa shape index (κ2) is 5.89. The van der Waals surface area contributed by atoms with Gasteiger partial charge in [-0.2, -0.15) is 0 Å². The molecule has 102 valence electrons. The van der Waals surface area contributed by atoms with Crippen molar-refractivity contribution in [3.05, 3.63) is 36.0 Å². The maximum absolute atomic E-state index is 11.3. The lowest BCUT2D eigenvalue weighted by Crippen LogP contribution is -2.41. The fourth-order valence-corrected chi connectivity index (χ4v) is 2.27. The average Bonchev–Trinajstić information content (AvgIpc) is 2.82. The van der Waals surface area contributed by atoms with Crippen LogP contribution >= 0.6 is 0 Å². The number of benzene rings is 1. The van der Waals surface area contributed by atoms with Crippen molar-refractivity contribution >= 4 is 16.9 Å². The second-order valence-electron chi connectivity index (χ2n) is 4.94. The van der Waals surface area contributed by atoms with Crippen LogP contribution in [0.1, 0.15) is 25.8 Å². The van der Waals surface area contributed by atoms with Gasteiger partial charge in [-0.25, -0.2) is 0 Å². The van der Waals surface area contributed by atoms with E-state index in [0.717, 1.165) is 22.9 Å². The largest absolute Gasteiger partial charge is 0.480 e. The minimum Gasteiger partial charge on any atom is -0.480 e. The van der Waals surface area contributed by atoms with Gasteiger partial charge in [0, 0.05) is 23.6 Å². The highest BCUT2D eigenvalue weighted by Gasteiger charge is 2.22. The van der Waals surface area contributed by atoms with Gasteiger partial charge in [-0.3, -0.25) is 10.1 Å². The number of hydrogen-bond acceptors (Lipinski definition) is 2. The van der Waals surface area contributed by atoms with Crippen molar-refractivity contribution in [1.29, 1.82) is 0 Å². The van der Waals surface area contributed by atoms with Crippen LogP contribution in [-0.4, -0.2) is 22.1 Å². The van der Waals surface area contributed by atoms with E-state index >= 15 is 0 Å². The quantitative estimate of drug-likeness (QED) is 0.748. The van der Waals surface area contributed by atoms with E-state index in [9.17, 15) is 9.90 Å². The minimum absolute atomic E-state index is 0.114. The van der Waals surface area contributed by atoms with Crippen molar-refractivity contribution < 1.29 is 9.90 Å². The topological polar surface area (TPSA) is 65.1 Å². The van der Waals surface area contributed by atoms with Crippen molar-refractivity contribution in [2.24, 2.45) is 5.92 Å². The normalized spacial score (nSPS) is 14.4. The summed E-state index contributed by atoms with van der Waals surface area (Å²) >= 11 is 0. The molecule has 2 atom stereocenters. The maximum atomic E-state index is 11.3. The Bertz CT molecular complexity index is 562. The number of carboxylic acid groups (broad SMARTS) is 1. The molecule has 0 aliphatic carbocycles. The molecule has 1 aromatic heterocycles. The van der Waals surface area contributed by atoms with E-state index < -0.39 is 12.0 Å². The average molecular weight is 260 g/mol. The van der Waals surface area contributed by atoms with Crippen molar-refractivity contribution in [3.63, 3.8) is 0 Å². The van der Waals surface area contributed by atoms with E-state index in [-0.39, 0.29) is 5.92 Å². The number of aromatic nitrogens is 1. The van der Waals surface area contributed by atoms with Crippen molar-refractivity contribution in [1.82, 2.24) is 10.3 Å². The molecule has 1 aromatic carbocycles. The van der Waals surface area contributed by atoms with Crippen molar-refractivity contribution in [2.45, 2.75) is 32.9 Å². The number of H-pyrrole nitrogens is 1. The van der Waals surface area contributed by atoms with Gasteiger partial charge < -0.3 is 10.1 Å². The van der Waals surface area contributed by atoms with Gasteiger partial charge >= 0.3 is 5.97 Å². The molecule has 3 N–H and O–H groups in total. The van der Waals surface area contributed by atoms with Crippen LogP contribution in [0.3, 0.4) is 0 Å². The van der Waals surface area contributed by atoms with Gasteiger partial charge in [-0.1, -0.05) is 38.5 Å². The van der Waals surface area contributed by atoms with Crippen LogP contribution in [0.25, 0.3) is 10.9 Å². The zero-order valence-electron chi connectivity index (χ0n) is 11.3. The molecule has 0 saturated heterocycles. The maximum Gasteiger partial charge on any atom is 0.320 e. The summed E-state index contributed by atoms with van der Waals surface area (Å²) < 4.78 is 0. The first kappa shape index (κ1) is 13.6. The van der Waals surface area contributed by atoms with Crippen LogP contribution in [0.4, 0.5) is 0 Å². The monoisotopic (exact) mass is 260 g/mol.